The van der Waals surface area contributed by atoms with Crippen molar-refractivity contribution in [1.82, 2.24) is 16.0 Å². The standard InChI is InChI=1S/C17H29N7O9/c1-6(25)13(16(31)22-8(17(32)33)2-3-10(19)26)24-15(30)9(5-12(21)28)23-14(29)7(18)4-11(20)27/h6-9,13,25H,2-5,18H2,1H3,(H2,19,26)(H2,20,27)(H2,21,28)(H,22,31)(H,23,29)(H,24,30)(H,32,33). The molecule has 33 heavy (non-hydrogen) atoms. The molecule has 0 bridgehead atoms. The average Bonchev–Trinajstić information content (AvgIpc) is 2.66. The van der Waals surface area contributed by atoms with Crippen molar-refractivity contribution in [3.8, 4) is 0 Å². The lowest BCUT2D eigenvalue weighted by Gasteiger charge is -2.26. The second-order valence-electron chi connectivity index (χ2n) is 7.14. The van der Waals surface area contributed by atoms with Gasteiger partial charge in [0.1, 0.15) is 18.1 Å². The summed E-state index contributed by atoms with van der Waals surface area (Å²) in [4.78, 5) is 81.5. The number of hydrogen-bond acceptors (Lipinski definition) is 9. The predicted molar refractivity (Wildman–Crippen MR) is 109 cm³/mol. The van der Waals surface area contributed by atoms with Crippen LogP contribution >= 0.6 is 0 Å². The molecule has 0 aromatic heterocycles. The minimum Gasteiger partial charge on any atom is -0.480 e. The lowest BCUT2D eigenvalue weighted by molar-refractivity contribution is -0.143. The molecule has 0 aliphatic rings. The molecule has 16 nitrogen and oxygen atoms in total. The number of aliphatic carboxylic acids is 1. The first-order valence-corrected chi connectivity index (χ1v) is 9.58. The maximum Gasteiger partial charge on any atom is 0.326 e. The molecular formula is C17H29N7O9. The molecule has 0 fully saturated rings. The van der Waals surface area contributed by atoms with Gasteiger partial charge in [-0.1, -0.05) is 0 Å². The van der Waals surface area contributed by atoms with Crippen molar-refractivity contribution in [2.75, 3.05) is 0 Å². The Kier molecular flexibility index (Phi) is 12.0. The van der Waals surface area contributed by atoms with Crippen LogP contribution in [0.15, 0.2) is 0 Å². The smallest absolute Gasteiger partial charge is 0.326 e. The van der Waals surface area contributed by atoms with E-state index in [2.05, 4.69) is 10.6 Å². The van der Waals surface area contributed by atoms with Crippen molar-refractivity contribution in [3.05, 3.63) is 0 Å². The number of carboxylic acids is 1. The number of aliphatic hydroxyl groups is 1. The van der Waals surface area contributed by atoms with E-state index in [4.69, 9.17) is 22.9 Å². The highest BCUT2D eigenvalue weighted by molar-refractivity contribution is 5.97. The Morgan fingerprint density at radius 3 is 1.70 bits per heavy atom. The van der Waals surface area contributed by atoms with Crippen LogP contribution in [0.1, 0.15) is 32.6 Å². The van der Waals surface area contributed by atoms with Crippen molar-refractivity contribution in [2.45, 2.75) is 62.9 Å². The molecule has 0 aromatic rings. The molecule has 0 spiro atoms. The molecule has 5 unspecified atom stereocenters. The monoisotopic (exact) mass is 475 g/mol. The SMILES string of the molecule is CC(O)C(NC(=O)C(CC(N)=O)NC(=O)C(N)CC(N)=O)C(=O)NC(CCC(N)=O)C(=O)O. The maximum absolute atomic E-state index is 12.6. The first-order valence-electron chi connectivity index (χ1n) is 9.58. The molecule has 0 aliphatic heterocycles. The van der Waals surface area contributed by atoms with Gasteiger partial charge >= 0.3 is 5.97 Å². The van der Waals surface area contributed by atoms with E-state index < -0.39 is 84.5 Å². The average molecular weight is 475 g/mol. The normalized spacial score (nSPS) is 15.1. The number of aliphatic hydroxyl groups excluding tert-OH is 1. The van der Waals surface area contributed by atoms with E-state index in [1.165, 1.54) is 0 Å². The van der Waals surface area contributed by atoms with Gasteiger partial charge in [-0.2, -0.15) is 0 Å². The van der Waals surface area contributed by atoms with Crippen LogP contribution in [-0.2, 0) is 33.6 Å². The lowest BCUT2D eigenvalue weighted by Crippen LogP contribution is -2.60. The van der Waals surface area contributed by atoms with E-state index in [0.717, 1.165) is 6.92 Å². The molecule has 13 N–H and O–H groups in total. The fourth-order valence-corrected chi connectivity index (χ4v) is 2.46. The fraction of sp³-hybridized carbons (Fsp3) is 0.588. The molecule has 0 radical (unpaired) electrons. The first-order chi connectivity index (χ1) is 15.1. The van der Waals surface area contributed by atoms with Gasteiger partial charge < -0.3 is 49.1 Å². The van der Waals surface area contributed by atoms with E-state index in [0.29, 0.717) is 0 Å². The Hall–Kier alpha value is -3.79. The number of rotatable bonds is 15. The number of primary amides is 3. The van der Waals surface area contributed by atoms with Gasteiger partial charge in [-0.15, -0.1) is 0 Å². The van der Waals surface area contributed by atoms with Crippen LogP contribution in [0.25, 0.3) is 0 Å². The summed E-state index contributed by atoms with van der Waals surface area (Å²) < 4.78 is 0. The van der Waals surface area contributed by atoms with Gasteiger partial charge in [0.2, 0.25) is 35.4 Å². The molecule has 0 saturated carbocycles. The first kappa shape index (κ1) is 29.2. The molecular weight excluding hydrogens is 446 g/mol. The Labute approximate surface area is 187 Å². The third-order valence-electron chi connectivity index (χ3n) is 4.15. The van der Waals surface area contributed by atoms with Crippen LogP contribution in [0.2, 0.25) is 0 Å². The van der Waals surface area contributed by atoms with Crippen molar-refractivity contribution in [2.24, 2.45) is 22.9 Å². The quantitative estimate of drug-likeness (QED) is 0.108. The number of hydrogen-bond donors (Lipinski definition) is 9. The summed E-state index contributed by atoms with van der Waals surface area (Å²) in [6.07, 6.45) is -3.56. The summed E-state index contributed by atoms with van der Waals surface area (Å²) in [5, 5.41) is 25.3. The summed E-state index contributed by atoms with van der Waals surface area (Å²) in [5.41, 5.74) is 20.4. The van der Waals surface area contributed by atoms with Gasteiger partial charge in [-0.25, -0.2) is 4.79 Å². The Morgan fingerprint density at radius 2 is 1.27 bits per heavy atom. The third-order valence-corrected chi connectivity index (χ3v) is 4.15. The van der Waals surface area contributed by atoms with Crippen LogP contribution in [-0.4, -0.2) is 81.9 Å². The Bertz CT molecular complexity index is 787. The van der Waals surface area contributed by atoms with Crippen LogP contribution in [0, 0.1) is 0 Å². The minimum absolute atomic E-state index is 0.352. The van der Waals surface area contributed by atoms with Gasteiger partial charge in [0, 0.05) is 6.42 Å². The van der Waals surface area contributed by atoms with Crippen molar-refractivity contribution < 1.29 is 43.8 Å². The highest BCUT2D eigenvalue weighted by Gasteiger charge is 2.33. The van der Waals surface area contributed by atoms with Crippen LogP contribution < -0.4 is 38.9 Å². The zero-order valence-electron chi connectivity index (χ0n) is 17.8. The van der Waals surface area contributed by atoms with E-state index in [1.54, 1.807) is 0 Å². The van der Waals surface area contributed by atoms with E-state index >= 15 is 0 Å². The highest BCUT2D eigenvalue weighted by atomic mass is 16.4. The van der Waals surface area contributed by atoms with Gasteiger partial charge in [-0.05, 0) is 13.3 Å². The number of nitrogens with one attached hydrogen (secondary N) is 3. The zero-order valence-corrected chi connectivity index (χ0v) is 17.8. The molecule has 6 amide bonds. The molecule has 0 aromatic carbocycles. The van der Waals surface area contributed by atoms with Gasteiger partial charge in [0.25, 0.3) is 0 Å². The van der Waals surface area contributed by atoms with E-state index in [-0.39, 0.29) is 12.8 Å². The molecule has 0 rings (SSSR count). The Balaban J connectivity index is 5.45. The maximum atomic E-state index is 12.6. The largest absolute Gasteiger partial charge is 0.480 e. The van der Waals surface area contributed by atoms with Crippen LogP contribution in [0.4, 0.5) is 0 Å². The van der Waals surface area contributed by atoms with E-state index in [9.17, 15) is 43.8 Å². The van der Waals surface area contributed by atoms with Gasteiger partial charge in [0.15, 0.2) is 0 Å². The van der Waals surface area contributed by atoms with Gasteiger partial charge in [0.05, 0.1) is 25.0 Å². The summed E-state index contributed by atoms with van der Waals surface area (Å²) >= 11 is 0. The summed E-state index contributed by atoms with van der Waals surface area (Å²) in [6.45, 7) is 1.11. The Morgan fingerprint density at radius 1 is 0.758 bits per heavy atom. The predicted octanol–water partition coefficient (Wildman–Crippen LogP) is -5.75. The van der Waals surface area contributed by atoms with Crippen LogP contribution in [0.5, 0.6) is 0 Å². The number of carbonyl (C=O) groups is 7. The second-order valence-corrected chi connectivity index (χ2v) is 7.14. The molecule has 0 saturated heterocycles. The van der Waals surface area contributed by atoms with Crippen molar-refractivity contribution in [3.63, 3.8) is 0 Å². The van der Waals surface area contributed by atoms with E-state index in [1.807, 2.05) is 5.32 Å². The summed E-state index contributed by atoms with van der Waals surface area (Å²) in [5.74, 6) is -7.52. The molecule has 0 aliphatic carbocycles. The number of carboxylic acid groups (broad SMARTS) is 1. The molecule has 5 atom stereocenters. The third kappa shape index (κ3) is 11.4. The number of carbonyl (C=O) groups excluding carboxylic acids is 6. The number of amides is 6. The fourth-order valence-electron chi connectivity index (χ4n) is 2.46. The summed E-state index contributed by atoms with van der Waals surface area (Å²) in [7, 11) is 0. The second kappa shape index (κ2) is 13.6. The summed E-state index contributed by atoms with van der Waals surface area (Å²) in [6, 6.07) is -6.37. The topological polar surface area (TPSA) is 300 Å². The van der Waals surface area contributed by atoms with Crippen LogP contribution in [0.3, 0.4) is 0 Å². The molecule has 16 heteroatoms. The van der Waals surface area contributed by atoms with Crippen molar-refractivity contribution >= 4 is 41.4 Å². The molecule has 186 valence electrons. The van der Waals surface area contributed by atoms with Gasteiger partial charge in [-0.3, -0.25) is 28.8 Å². The zero-order chi connectivity index (χ0) is 25.9. The highest BCUT2D eigenvalue weighted by Crippen LogP contribution is 2.03. The lowest BCUT2D eigenvalue weighted by atomic mass is 10.1. The number of nitrogens with two attached hydrogens (primary N) is 4. The molecule has 0 heterocycles. The minimum atomic E-state index is -1.72. The van der Waals surface area contributed by atoms with Crippen molar-refractivity contribution in [1.29, 1.82) is 0 Å².